The molecule has 0 aliphatic heterocycles. The summed E-state index contributed by atoms with van der Waals surface area (Å²) in [4.78, 5) is 1.34. The maximum absolute atomic E-state index is 12.3. The molecule has 0 saturated heterocycles. The van der Waals surface area contributed by atoms with Crippen molar-refractivity contribution in [1.82, 2.24) is 10.0 Å². The molecular weight excluding hydrogens is 368 g/mol. The second kappa shape index (κ2) is 7.99. The van der Waals surface area contributed by atoms with Crippen molar-refractivity contribution < 1.29 is 8.42 Å². The van der Waals surface area contributed by atoms with Gasteiger partial charge in [0.2, 0.25) is 10.0 Å². The summed E-state index contributed by atoms with van der Waals surface area (Å²) in [6, 6.07) is 1.65. The van der Waals surface area contributed by atoms with Crippen LogP contribution in [0.15, 0.2) is 14.7 Å². The van der Waals surface area contributed by atoms with E-state index < -0.39 is 10.0 Å². The third-order valence-electron chi connectivity index (χ3n) is 2.32. The summed E-state index contributed by atoms with van der Waals surface area (Å²) in [6.07, 6.45) is 1.96. The molecule has 0 aliphatic rings. The SMILES string of the molecule is CCNCc1cc(S(=O)(=O)NC(C)CSC)c(Br)s1. The van der Waals surface area contributed by atoms with Crippen molar-refractivity contribution in [3.05, 3.63) is 14.7 Å². The molecule has 0 bridgehead atoms. The van der Waals surface area contributed by atoms with Crippen molar-refractivity contribution in [2.75, 3.05) is 18.6 Å². The second-order valence-corrected chi connectivity index (χ2v) is 9.16. The van der Waals surface area contributed by atoms with E-state index in [0.717, 1.165) is 17.2 Å². The van der Waals surface area contributed by atoms with Crippen LogP contribution in [0.25, 0.3) is 0 Å². The molecule has 2 N–H and O–H groups in total. The van der Waals surface area contributed by atoms with Crippen molar-refractivity contribution in [2.24, 2.45) is 0 Å². The van der Waals surface area contributed by atoms with E-state index in [2.05, 4.69) is 26.0 Å². The van der Waals surface area contributed by atoms with Gasteiger partial charge in [0.05, 0.1) is 3.79 Å². The first-order valence-corrected chi connectivity index (χ1v) is 10.4. The van der Waals surface area contributed by atoms with Gasteiger partial charge >= 0.3 is 0 Å². The number of halogens is 1. The van der Waals surface area contributed by atoms with Crippen LogP contribution in [0.3, 0.4) is 0 Å². The van der Waals surface area contributed by atoms with Gasteiger partial charge in [-0.2, -0.15) is 11.8 Å². The van der Waals surface area contributed by atoms with Crippen LogP contribution in [0.5, 0.6) is 0 Å². The van der Waals surface area contributed by atoms with E-state index in [0.29, 0.717) is 15.2 Å². The molecule has 0 fully saturated rings. The maximum atomic E-state index is 12.3. The third kappa shape index (κ3) is 5.35. The first-order chi connectivity index (χ1) is 8.90. The average Bonchev–Trinajstić information content (AvgIpc) is 2.68. The third-order valence-corrected chi connectivity index (χ3v) is 6.99. The largest absolute Gasteiger partial charge is 0.312 e. The highest BCUT2D eigenvalue weighted by Crippen LogP contribution is 2.31. The fourth-order valence-corrected chi connectivity index (χ4v) is 6.11. The summed E-state index contributed by atoms with van der Waals surface area (Å²) < 4.78 is 27.9. The Bertz CT molecular complexity index is 502. The predicted molar refractivity (Wildman–Crippen MR) is 87.6 cm³/mol. The molecule has 0 aliphatic carbocycles. The van der Waals surface area contributed by atoms with E-state index in [1.165, 1.54) is 11.3 Å². The first-order valence-electron chi connectivity index (χ1n) is 5.91. The Hall–Kier alpha value is 0.400. The number of rotatable bonds is 8. The van der Waals surface area contributed by atoms with Crippen molar-refractivity contribution in [2.45, 2.75) is 31.3 Å². The van der Waals surface area contributed by atoms with Crippen LogP contribution < -0.4 is 10.0 Å². The molecule has 0 radical (unpaired) electrons. The molecule has 1 aromatic heterocycles. The van der Waals surface area contributed by atoms with Crippen LogP contribution >= 0.6 is 39.0 Å². The molecule has 0 aromatic carbocycles. The monoisotopic (exact) mass is 386 g/mol. The van der Waals surface area contributed by atoms with E-state index in [9.17, 15) is 8.42 Å². The molecule has 19 heavy (non-hydrogen) atoms. The van der Waals surface area contributed by atoms with Crippen LogP contribution in [-0.2, 0) is 16.6 Å². The van der Waals surface area contributed by atoms with Gasteiger partial charge < -0.3 is 5.32 Å². The summed E-state index contributed by atoms with van der Waals surface area (Å²) in [5.41, 5.74) is 0. The van der Waals surface area contributed by atoms with E-state index in [-0.39, 0.29) is 6.04 Å². The lowest BCUT2D eigenvalue weighted by Crippen LogP contribution is -2.34. The number of sulfonamides is 1. The zero-order valence-corrected chi connectivity index (χ0v) is 15.2. The van der Waals surface area contributed by atoms with Crippen LogP contribution in [-0.4, -0.2) is 33.0 Å². The fourth-order valence-electron chi connectivity index (χ4n) is 1.53. The molecule has 0 saturated carbocycles. The number of hydrogen-bond donors (Lipinski definition) is 2. The van der Waals surface area contributed by atoms with Gasteiger partial charge in [0.25, 0.3) is 0 Å². The van der Waals surface area contributed by atoms with Crippen LogP contribution in [0.2, 0.25) is 0 Å². The van der Waals surface area contributed by atoms with Crippen molar-refractivity contribution in [3.63, 3.8) is 0 Å². The number of thiophene rings is 1. The minimum absolute atomic E-state index is 0.0796. The topological polar surface area (TPSA) is 58.2 Å². The second-order valence-electron chi connectivity index (χ2n) is 4.11. The van der Waals surface area contributed by atoms with Crippen LogP contribution in [0.1, 0.15) is 18.7 Å². The Kier molecular flexibility index (Phi) is 7.34. The smallest absolute Gasteiger partial charge is 0.242 e. The molecule has 1 heterocycles. The van der Waals surface area contributed by atoms with Crippen molar-refractivity contribution >= 4 is 49.1 Å². The Morgan fingerprint density at radius 2 is 2.21 bits per heavy atom. The van der Waals surface area contributed by atoms with Crippen LogP contribution in [0.4, 0.5) is 0 Å². The van der Waals surface area contributed by atoms with Gasteiger partial charge in [-0.1, -0.05) is 6.92 Å². The van der Waals surface area contributed by atoms with Crippen molar-refractivity contribution in [3.8, 4) is 0 Å². The van der Waals surface area contributed by atoms with Crippen LogP contribution in [0, 0.1) is 0 Å². The lowest BCUT2D eigenvalue weighted by Gasteiger charge is -2.12. The summed E-state index contributed by atoms with van der Waals surface area (Å²) >= 11 is 6.41. The molecule has 0 amide bonds. The maximum Gasteiger partial charge on any atom is 0.242 e. The Labute approximate surface area is 131 Å². The molecule has 1 atom stereocenters. The fraction of sp³-hybridized carbons (Fsp3) is 0.636. The highest BCUT2D eigenvalue weighted by atomic mass is 79.9. The van der Waals surface area contributed by atoms with E-state index in [4.69, 9.17) is 0 Å². The van der Waals surface area contributed by atoms with E-state index >= 15 is 0 Å². The summed E-state index contributed by atoms with van der Waals surface area (Å²) in [6.45, 7) is 5.44. The molecule has 110 valence electrons. The highest BCUT2D eigenvalue weighted by Gasteiger charge is 2.22. The summed E-state index contributed by atoms with van der Waals surface area (Å²) in [5.74, 6) is 0.755. The van der Waals surface area contributed by atoms with Gasteiger partial charge in [0, 0.05) is 23.2 Å². The number of thioether (sulfide) groups is 1. The Balaban J connectivity index is 2.85. The highest BCUT2D eigenvalue weighted by molar-refractivity contribution is 9.11. The quantitative estimate of drug-likeness (QED) is 0.720. The van der Waals surface area contributed by atoms with Crippen molar-refractivity contribution in [1.29, 1.82) is 0 Å². The average molecular weight is 387 g/mol. The predicted octanol–water partition coefficient (Wildman–Crippen LogP) is 2.65. The van der Waals surface area contributed by atoms with Gasteiger partial charge in [-0.15, -0.1) is 11.3 Å². The normalized spacial score (nSPS) is 13.7. The number of hydrogen-bond acceptors (Lipinski definition) is 5. The lowest BCUT2D eigenvalue weighted by molar-refractivity contribution is 0.571. The first kappa shape index (κ1) is 17.5. The molecule has 1 rings (SSSR count). The number of nitrogens with one attached hydrogen (secondary N) is 2. The summed E-state index contributed by atoms with van der Waals surface area (Å²) in [7, 11) is -3.44. The van der Waals surface area contributed by atoms with Gasteiger partial charge in [-0.3, -0.25) is 0 Å². The zero-order valence-electron chi connectivity index (χ0n) is 11.2. The molecule has 1 unspecified atom stereocenters. The lowest BCUT2D eigenvalue weighted by atomic mass is 10.4. The Morgan fingerprint density at radius 1 is 1.53 bits per heavy atom. The van der Waals surface area contributed by atoms with E-state index in [1.54, 1.807) is 17.8 Å². The van der Waals surface area contributed by atoms with Gasteiger partial charge in [0.1, 0.15) is 4.90 Å². The minimum atomic E-state index is -3.44. The minimum Gasteiger partial charge on any atom is -0.312 e. The molecular formula is C11H19BrN2O2S3. The summed E-state index contributed by atoms with van der Waals surface area (Å²) in [5, 5.41) is 3.19. The van der Waals surface area contributed by atoms with E-state index in [1.807, 2.05) is 20.1 Å². The van der Waals surface area contributed by atoms with Gasteiger partial charge in [0.15, 0.2) is 0 Å². The zero-order chi connectivity index (χ0) is 14.5. The van der Waals surface area contributed by atoms with Gasteiger partial charge in [-0.05, 0) is 41.7 Å². The van der Waals surface area contributed by atoms with Gasteiger partial charge in [-0.25, -0.2) is 13.1 Å². The molecule has 0 spiro atoms. The molecule has 8 heteroatoms. The molecule has 1 aromatic rings. The standard InChI is InChI=1S/C11H19BrN2O2S3/c1-4-13-6-9-5-10(11(12)18-9)19(15,16)14-8(2)7-17-3/h5,8,13-14H,4,6-7H2,1-3H3. The molecule has 4 nitrogen and oxygen atoms in total. The Morgan fingerprint density at radius 3 is 2.79 bits per heavy atom.